The Kier molecular flexibility index (Phi) is 3.03. The molecule has 1 fully saturated rings. The van der Waals surface area contributed by atoms with Crippen molar-refractivity contribution in [2.75, 3.05) is 0 Å². The lowest BCUT2D eigenvalue weighted by Gasteiger charge is -2.37. The van der Waals surface area contributed by atoms with Crippen LogP contribution in [0.15, 0.2) is 30.3 Å². The zero-order valence-corrected chi connectivity index (χ0v) is 11.9. The molecule has 2 aromatic rings. The van der Waals surface area contributed by atoms with Crippen LogP contribution in [0.4, 0.5) is 8.78 Å². The molecule has 1 aliphatic rings. The van der Waals surface area contributed by atoms with Gasteiger partial charge < -0.3 is 0 Å². The molecule has 3 rings (SSSR count). The van der Waals surface area contributed by atoms with Crippen molar-refractivity contribution in [1.82, 2.24) is 4.98 Å². The van der Waals surface area contributed by atoms with E-state index in [-0.39, 0.29) is 18.3 Å². The van der Waals surface area contributed by atoms with Crippen LogP contribution in [0.3, 0.4) is 0 Å². The Bertz CT molecular complexity index is 638. The number of alkyl halides is 2. The van der Waals surface area contributed by atoms with Crippen LogP contribution in [-0.4, -0.2) is 10.9 Å². The maximum atomic E-state index is 13.4. The van der Waals surface area contributed by atoms with E-state index in [4.69, 9.17) is 4.98 Å². The number of fused-ring (bicyclic) bond motifs is 1. The molecule has 0 saturated heterocycles. The minimum absolute atomic E-state index is 0.0307. The maximum Gasteiger partial charge on any atom is 0.248 e. The number of aryl methyl sites for hydroxylation is 1. The van der Waals surface area contributed by atoms with Crippen molar-refractivity contribution in [1.29, 1.82) is 0 Å². The van der Waals surface area contributed by atoms with E-state index < -0.39 is 5.92 Å². The SMILES string of the molecule is Cc1cc(C2(C)CCC(F)(F)CC2)nc2ccccc12. The summed E-state index contributed by atoms with van der Waals surface area (Å²) in [6, 6.07) is 10.1. The normalized spacial score (nSPS) is 21.0. The third-order valence-corrected chi connectivity index (χ3v) is 4.63. The van der Waals surface area contributed by atoms with Gasteiger partial charge in [-0.2, -0.15) is 0 Å². The first-order valence-electron chi connectivity index (χ1n) is 7.14. The number of para-hydroxylation sites is 1. The molecular formula is C17H19F2N. The molecule has 0 bridgehead atoms. The Morgan fingerprint density at radius 3 is 2.40 bits per heavy atom. The van der Waals surface area contributed by atoms with Crippen LogP contribution in [0.1, 0.15) is 43.9 Å². The Labute approximate surface area is 118 Å². The summed E-state index contributed by atoms with van der Waals surface area (Å²) in [6.45, 7) is 4.13. The first-order chi connectivity index (χ1) is 9.40. The molecule has 1 saturated carbocycles. The van der Waals surface area contributed by atoms with E-state index in [1.807, 2.05) is 18.2 Å². The highest BCUT2D eigenvalue weighted by atomic mass is 19.3. The molecule has 0 aliphatic heterocycles. The first kappa shape index (κ1) is 13.5. The largest absolute Gasteiger partial charge is 0.252 e. The second-order valence-corrected chi connectivity index (χ2v) is 6.26. The van der Waals surface area contributed by atoms with Gasteiger partial charge in [0.15, 0.2) is 0 Å². The molecule has 0 N–H and O–H groups in total. The number of pyridine rings is 1. The lowest BCUT2D eigenvalue weighted by atomic mass is 9.71. The van der Waals surface area contributed by atoms with Crippen LogP contribution in [0.5, 0.6) is 0 Å². The second-order valence-electron chi connectivity index (χ2n) is 6.26. The molecule has 1 aliphatic carbocycles. The van der Waals surface area contributed by atoms with Gasteiger partial charge in [0, 0.05) is 29.3 Å². The predicted octanol–water partition coefficient (Wildman–Crippen LogP) is 5.01. The number of hydrogen-bond donors (Lipinski definition) is 0. The summed E-state index contributed by atoms with van der Waals surface area (Å²) >= 11 is 0. The molecular weight excluding hydrogens is 256 g/mol. The lowest BCUT2D eigenvalue weighted by Crippen LogP contribution is -2.35. The number of rotatable bonds is 1. The molecule has 1 aromatic heterocycles. The quantitative estimate of drug-likeness (QED) is 0.713. The summed E-state index contributed by atoms with van der Waals surface area (Å²) in [5.41, 5.74) is 2.87. The van der Waals surface area contributed by atoms with Gasteiger partial charge in [-0.05, 0) is 37.5 Å². The monoisotopic (exact) mass is 275 g/mol. The predicted molar refractivity (Wildman–Crippen MR) is 77.2 cm³/mol. The lowest BCUT2D eigenvalue weighted by molar-refractivity contribution is -0.0502. The van der Waals surface area contributed by atoms with Crippen LogP contribution in [-0.2, 0) is 5.41 Å². The molecule has 0 radical (unpaired) electrons. The molecule has 3 heteroatoms. The van der Waals surface area contributed by atoms with Gasteiger partial charge in [0.05, 0.1) is 5.52 Å². The highest BCUT2D eigenvalue weighted by Gasteiger charge is 2.42. The van der Waals surface area contributed by atoms with E-state index in [1.165, 1.54) is 5.56 Å². The summed E-state index contributed by atoms with van der Waals surface area (Å²) in [5, 5.41) is 1.14. The Morgan fingerprint density at radius 1 is 1.05 bits per heavy atom. The fourth-order valence-electron chi connectivity index (χ4n) is 3.08. The van der Waals surface area contributed by atoms with E-state index in [2.05, 4.69) is 26.0 Å². The number of benzene rings is 1. The fourth-order valence-corrected chi connectivity index (χ4v) is 3.08. The molecule has 20 heavy (non-hydrogen) atoms. The van der Waals surface area contributed by atoms with Crippen molar-refractivity contribution in [3.63, 3.8) is 0 Å². The average Bonchev–Trinajstić information content (AvgIpc) is 2.42. The summed E-state index contributed by atoms with van der Waals surface area (Å²) < 4.78 is 26.8. The van der Waals surface area contributed by atoms with E-state index in [9.17, 15) is 8.78 Å². The number of halogens is 2. The van der Waals surface area contributed by atoms with Gasteiger partial charge in [-0.15, -0.1) is 0 Å². The highest BCUT2D eigenvalue weighted by molar-refractivity contribution is 5.82. The Balaban J connectivity index is 2.02. The number of aromatic nitrogens is 1. The standard InChI is InChI=1S/C17H19F2N/c1-12-11-15(20-14-6-4-3-5-13(12)14)16(2)7-9-17(18,19)10-8-16/h3-6,11H,7-10H2,1-2H3. The van der Waals surface area contributed by atoms with E-state index in [0.717, 1.165) is 16.6 Å². The number of hydrogen-bond acceptors (Lipinski definition) is 1. The van der Waals surface area contributed by atoms with Gasteiger partial charge in [0.2, 0.25) is 5.92 Å². The smallest absolute Gasteiger partial charge is 0.248 e. The molecule has 106 valence electrons. The molecule has 1 heterocycles. The Morgan fingerprint density at radius 2 is 1.70 bits per heavy atom. The van der Waals surface area contributed by atoms with Crippen molar-refractivity contribution in [3.05, 3.63) is 41.6 Å². The van der Waals surface area contributed by atoms with Gasteiger partial charge in [-0.25, -0.2) is 8.78 Å². The van der Waals surface area contributed by atoms with Crippen molar-refractivity contribution < 1.29 is 8.78 Å². The minimum atomic E-state index is -2.49. The fraction of sp³-hybridized carbons (Fsp3) is 0.471. The second kappa shape index (κ2) is 4.51. The summed E-state index contributed by atoms with van der Waals surface area (Å²) in [4.78, 5) is 4.73. The van der Waals surface area contributed by atoms with Crippen LogP contribution >= 0.6 is 0 Å². The van der Waals surface area contributed by atoms with Gasteiger partial charge in [-0.1, -0.05) is 25.1 Å². The van der Waals surface area contributed by atoms with Crippen LogP contribution < -0.4 is 0 Å². The molecule has 0 amide bonds. The topological polar surface area (TPSA) is 12.9 Å². The third-order valence-electron chi connectivity index (χ3n) is 4.63. The minimum Gasteiger partial charge on any atom is -0.252 e. The first-order valence-corrected chi connectivity index (χ1v) is 7.14. The van der Waals surface area contributed by atoms with Gasteiger partial charge in [0.25, 0.3) is 0 Å². The van der Waals surface area contributed by atoms with Crippen molar-refractivity contribution in [3.8, 4) is 0 Å². The van der Waals surface area contributed by atoms with E-state index in [0.29, 0.717) is 12.8 Å². The van der Waals surface area contributed by atoms with Crippen molar-refractivity contribution in [2.45, 2.75) is 50.9 Å². The summed E-state index contributed by atoms with van der Waals surface area (Å²) in [7, 11) is 0. The highest BCUT2D eigenvalue weighted by Crippen LogP contribution is 2.45. The van der Waals surface area contributed by atoms with Crippen molar-refractivity contribution >= 4 is 10.9 Å². The van der Waals surface area contributed by atoms with Crippen LogP contribution in [0.25, 0.3) is 10.9 Å². The third kappa shape index (κ3) is 2.30. The zero-order valence-electron chi connectivity index (χ0n) is 11.9. The van der Waals surface area contributed by atoms with Gasteiger partial charge in [-0.3, -0.25) is 4.98 Å². The summed E-state index contributed by atoms with van der Waals surface area (Å²) in [6.07, 6.45) is 0.948. The molecule has 1 nitrogen and oxygen atoms in total. The zero-order chi connectivity index (χ0) is 14.4. The van der Waals surface area contributed by atoms with E-state index >= 15 is 0 Å². The molecule has 1 aromatic carbocycles. The molecule has 0 atom stereocenters. The summed E-state index contributed by atoms with van der Waals surface area (Å²) in [5.74, 6) is -2.49. The van der Waals surface area contributed by atoms with Crippen molar-refractivity contribution in [2.24, 2.45) is 0 Å². The Hall–Kier alpha value is -1.51. The maximum absolute atomic E-state index is 13.4. The van der Waals surface area contributed by atoms with Gasteiger partial charge in [0.1, 0.15) is 0 Å². The average molecular weight is 275 g/mol. The van der Waals surface area contributed by atoms with Crippen LogP contribution in [0.2, 0.25) is 0 Å². The van der Waals surface area contributed by atoms with E-state index in [1.54, 1.807) is 0 Å². The van der Waals surface area contributed by atoms with Crippen LogP contribution in [0, 0.1) is 6.92 Å². The number of nitrogens with zero attached hydrogens (tertiary/aromatic N) is 1. The van der Waals surface area contributed by atoms with Gasteiger partial charge >= 0.3 is 0 Å². The molecule has 0 unspecified atom stereocenters. The molecule has 0 spiro atoms.